The molecule has 0 saturated heterocycles. The SMILES string of the molecule is NCc1ccc(C=CCC(=O)O)cc1. The third-order valence-electron chi connectivity index (χ3n) is 1.82. The molecule has 0 fully saturated rings. The largest absolute Gasteiger partial charge is 0.481 e. The Morgan fingerprint density at radius 1 is 1.36 bits per heavy atom. The zero-order valence-corrected chi connectivity index (χ0v) is 7.81. The first-order valence-electron chi connectivity index (χ1n) is 4.39. The van der Waals surface area contributed by atoms with Crippen LogP contribution in [0.4, 0.5) is 0 Å². The first-order valence-corrected chi connectivity index (χ1v) is 4.39. The third kappa shape index (κ3) is 3.41. The van der Waals surface area contributed by atoms with Gasteiger partial charge in [0, 0.05) is 6.54 Å². The van der Waals surface area contributed by atoms with Gasteiger partial charge in [0.25, 0.3) is 0 Å². The smallest absolute Gasteiger partial charge is 0.307 e. The van der Waals surface area contributed by atoms with Crippen molar-refractivity contribution in [3.63, 3.8) is 0 Å². The van der Waals surface area contributed by atoms with Gasteiger partial charge in [-0.2, -0.15) is 0 Å². The van der Waals surface area contributed by atoms with Crippen LogP contribution in [-0.4, -0.2) is 11.1 Å². The van der Waals surface area contributed by atoms with Gasteiger partial charge in [-0.3, -0.25) is 4.79 Å². The minimum Gasteiger partial charge on any atom is -0.481 e. The van der Waals surface area contributed by atoms with Crippen LogP contribution in [0.5, 0.6) is 0 Å². The van der Waals surface area contributed by atoms with Gasteiger partial charge in [-0.05, 0) is 11.1 Å². The zero-order valence-electron chi connectivity index (χ0n) is 7.81. The number of hydrogen-bond donors (Lipinski definition) is 2. The van der Waals surface area contributed by atoms with Gasteiger partial charge in [-0.1, -0.05) is 36.4 Å². The Hall–Kier alpha value is -1.61. The molecule has 74 valence electrons. The summed E-state index contributed by atoms with van der Waals surface area (Å²) < 4.78 is 0. The summed E-state index contributed by atoms with van der Waals surface area (Å²) in [5, 5.41) is 8.41. The average Bonchev–Trinajstić information content (AvgIpc) is 2.18. The van der Waals surface area contributed by atoms with Crippen LogP contribution in [-0.2, 0) is 11.3 Å². The molecule has 0 radical (unpaired) electrons. The van der Waals surface area contributed by atoms with Crippen LogP contribution < -0.4 is 5.73 Å². The van der Waals surface area contributed by atoms with E-state index in [9.17, 15) is 4.79 Å². The van der Waals surface area contributed by atoms with Gasteiger partial charge in [0.1, 0.15) is 0 Å². The fourth-order valence-electron chi connectivity index (χ4n) is 1.06. The van der Waals surface area contributed by atoms with Crippen molar-refractivity contribution in [2.24, 2.45) is 5.73 Å². The van der Waals surface area contributed by atoms with Gasteiger partial charge in [0.05, 0.1) is 6.42 Å². The van der Waals surface area contributed by atoms with Crippen LogP contribution in [0.1, 0.15) is 17.5 Å². The number of benzene rings is 1. The van der Waals surface area contributed by atoms with Gasteiger partial charge < -0.3 is 10.8 Å². The lowest BCUT2D eigenvalue weighted by Gasteiger charge is -1.96. The van der Waals surface area contributed by atoms with Gasteiger partial charge in [-0.25, -0.2) is 0 Å². The summed E-state index contributed by atoms with van der Waals surface area (Å²) in [6, 6.07) is 7.70. The molecule has 14 heavy (non-hydrogen) atoms. The lowest BCUT2D eigenvalue weighted by molar-refractivity contribution is -0.135. The average molecular weight is 191 g/mol. The predicted molar refractivity (Wildman–Crippen MR) is 55.6 cm³/mol. The topological polar surface area (TPSA) is 63.3 Å². The molecular weight excluding hydrogens is 178 g/mol. The highest BCUT2D eigenvalue weighted by Gasteiger charge is 1.91. The van der Waals surface area contributed by atoms with Crippen molar-refractivity contribution in [1.29, 1.82) is 0 Å². The minimum absolute atomic E-state index is 0.0542. The van der Waals surface area contributed by atoms with Crippen LogP contribution in [0.3, 0.4) is 0 Å². The van der Waals surface area contributed by atoms with Gasteiger partial charge in [0.2, 0.25) is 0 Å². The monoisotopic (exact) mass is 191 g/mol. The van der Waals surface area contributed by atoms with Gasteiger partial charge in [0.15, 0.2) is 0 Å². The summed E-state index contributed by atoms with van der Waals surface area (Å²) in [4.78, 5) is 10.2. The number of hydrogen-bond acceptors (Lipinski definition) is 2. The molecule has 0 heterocycles. The van der Waals surface area contributed by atoms with E-state index < -0.39 is 5.97 Å². The van der Waals surface area contributed by atoms with E-state index in [1.807, 2.05) is 24.3 Å². The molecule has 0 aromatic heterocycles. The summed E-state index contributed by atoms with van der Waals surface area (Å²) in [6.07, 6.45) is 3.47. The standard InChI is InChI=1S/C11H13NO2/c12-8-10-6-4-9(5-7-10)2-1-3-11(13)14/h1-2,4-7H,3,8,12H2,(H,13,14). The number of aliphatic carboxylic acids is 1. The van der Waals surface area contributed by atoms with E-state index >= 15 is 0 Å². The van der Waals surface area contributed by atoms with Crippen molar-refractivity contribution in [3.05, 3.63) is 41.5 Å². The van der Waals surface area contributed by atoms with E-state index in [0.717, 1.165) is 11.1 Å². The van der Waals surface area contributed by atoms with Crippen molar-refractivity contribution in [2.75, 3.05) is 0 Å². The predicted octanol–water partition coefficient (Wildman–Crippen LogP) is 1.63. The second kappa shape index (κ2) is 5.19. The number of carbonyl (C=O) groups is 1. The van der Waals surface area contributed by atoms with E-state index in [1.54, 1.807) is 12.2 Å². The van der Waals surface area contributed by atoms with E-state index in [4.69, 9.17) is 10.8 Å². The maximum Gasteiger partial charge on any atom is 0.307 e. The number of carboxylic acids is 1. The van der Waals surface area contributed by atoms with Crippen molar-refractivity contribution >= 4 is 12.0 Å². The lowest BCUT2D eigenvalue weighted by Crippen LogP contribution is -1.95. The zero-order chi connectivity index (χ0) is 10.4. The summed E-state index contributed by atoms with van der Waals surface area (Å²) in [6.45, 7) is 0.527. The summed E-state index contributed by atoms with van der Waals surface area (Å²) >= 11 is 0. The Bertz CT molecular complexity index is 328. The number of rotatable bonds is 4. The lowest BCUT2D eigenvalue weighted by atomic mass is 10.1. The van der Waals surface area contributed by atoms with Crippen LogP contribution in [0.25, 0.3) is 6.08 Å². The number of carboxylic acid groups (broad SMARTS) is 1. The van der Waals surface area contributed by atoms with E-state index in [0.29, 0.717) is 6.54 Å². The van der Waals surface area contributed by atoms with E-state index in [2.05, 4.69) is 0 Å². The number of nitrogens with two attached hydrogens (primary N) is 1. The molecule has 3 heteroatoms. The Morgan fingerprint density at radius 3 is 2.50 bits per heavy atom. The Morgan fingerprint density at radius 2 is 2.00 bits per heavy atom. The molecule has 1 aromatic rings. The molecule has 0 amide bonds. The Labute approximate surface area is 82.9 Å². The van der Waals surface area contributed by atoms with Crippen LogP contribution in [0.2, 0.25) is 0 Å². The molecule has 0 unspecified atom stereocenters. The summed E-state index contributed by atoms with van der Waals surface area (Å²) in [5.41, 5.74) is 7.50. The van der Waals surface area contributed by atoms with Crippen molar-refractivity contribution in [3.8, 4) is 0 Å². The summed E-state index contributed by atoms with van der Waals surface area (Å²) in [5.74, 6) is -0.820. The molecule has 1 rings (SSSR count). The van der Waals surface area contributed by atoms with Crippen LogP contribution in [0, 0.1) is 0 Å². The fraction of sp³-hybridized carbons (Fsp3) is 0.182. The molecule has 0 atom stereocenters. The van der Waals surface area contributed by atoms with Gasteiger partial charge >= 0.3 is 5.97 Å². The molecule has 0 aliphatic heterocycles. The molecule has 3 nitrogen and oxygen atoms in total. The third-order valence-corrected chi connectivity index (χ3v) is 1.82. The quantitative estimate of drug-likeness (QED) is 0.760. The second-order valence-corrected chi connectivity index (χ2v) is 2.95. The van der Waals surface area contributed by atoms with Gasteiger partial charge in [-0.15, -0.1) is 0 Å². The van der Waals surface area contributed by atoms with Crippen molar-refractivity contribution in [1.82, 2.24) is 0 Å². The highest BCUT2D eigenvalue weighted by Crippen LogP contribution is 2.05. The fourth-order valence-corrected chi connectivity index (χ4v) is 1.06. The van der Waals surface area contributed by atoms with Crippen molar-refractivity contribution < 1.29 is 9.90 Å². The molecule has 1 aromatic carbocycles. The maximum absolute atomic E-state index is 10.2. The van der Waals surface area contributed by atoms with Crippen LogP contribution in [0.15, 0.2) is 30.3 Å². The Kier molecular flexibility index (Phi) is 3.88. The first-order chi connectivity index (χ1) is 6.72. The molecule has 3 N–H and O–H groups in total. The Balaban J connectivity index is 2.59. The molecule has 0 aliphatic carbocycles. The molecule has 0 bridgehead atoms. The van der Waals surface area contributed by atoms with E-state index in [-0.39, 0.29) is 6.42 Å². The van der Waals surface area contributed by atoms with Crippen LogP contribution >= 0.6 is 0 Å². The molecule has 0 aliphatic rings. The minimum atomic E-state index is -0.820. The highest BCUT2D eigenvalue weighted by molar-refractivity contribution is 5.70. The summed E-state index contributed by atoms with van der Waals surface area (Å²) in [7, 11) is 0. The van der Waals surface area contributed by atoms with E-state index in [1.165, 1.54) is 0 Å². The molecular formula is C11H13NO2. The molecule has 0 saturated carbocycles. The normalized spacial score (nSPS) is 10.6. The molecule has 0 spiro atoms. The second-order valence-electron chi connectivity index (χ2n) is 2.95. The first kappa shape index (κ1) is 10.5. The highest BCUT2D eigenvalue weighted by atomic mass is 16.4. The van der Waals surface area contributed by atoms with Crippen molar-refractivity contribution in [2.45, 2.75) is 13.0 Å². The maximum atomic E-state index is 10.2.